The van der Waals surface area contributed by atoms with Gasteiger partial charge in [-0.1, -0.05) is 363 Å². The van der Waals surface area contributed by atoms with Crippen molar-refractivity contribution < 1.29 is 80.2 Å². The lowest BCUT2D eigenvalue weighted by atomic mass is 9.99. The highest BCUT2D eigenvalue weighted by atomic mass is 31.2. The van der Waals surface area contributed by atoms with Gasteiger partial charge < -0.3 is 33.8 Å². The summed E-state index contributed by atoms with van der Waals surface area (Å²) in [5, 5.41) is 10.6. The largest absolute Gasteiger partial charge is 0.472 e. The van der Waals surface area contributed by atoms with Gasteiger partial charge in [0, 0.05) is 25.7 Å². The fourth-order valence-electron chi connectivity index (χ4n) is 12.2. The molecule has 0 amide bonds. The van der Waals surface area contributed by atoms with E-state index in [4.69, 9.17) is 37.0 Å². The van der Waals surface area contributed by atoms with E-state index in [2.05, 4.69) is 41.5 Å². The Bertz CT molecular complexity index is 1890. The summed E-state index contributed by atoms with van der Waals surface area (Å²) in [6.45, 7) is 9.63. The van der Waals surface area contributed by atoms with E-state index >= 15 is 0 Å². The number of carbonyl (C=O) groups is 4. The molecule has 98 heavy (non-hydrogen) atoms. The lowest BCUT2D eigenvalue weighted by molar-refractivity contribution is -0.161. The van der Waals surface area contributed by atoms with Crippen molar-refractivity contribution in [1.29, 1.82) is 0 Å². The SMILES string of the molecule is CCCCCCCCCCCCCCCCCCCCCC(=O)O[C@H](COC(=O)CCCCCCCCCCCCC(C)CC)COP(=O)(O)OC[C@@H](O)COP(=O)(O)OC[C@@H](COC(=O)CCCCCCCCCCCC(C)C)OC(=O)CCCCCCCCCCCCCCC. The average Bonchev–Trinajstić information content (AvgIpc) is 0.988. The third-order valence-electron chi connectivity index (χ3n) is 18.8. The van der Waals surface area contributed by atoms with Crippen molar-refractivity contribution in [2.45, 2.75) is 432 Å². The molecule has 6 atom stereocenters. The lowest BCUT2D eigenvalue weighted by Gasteiger charge is -2.21. The van der Waals surface area contributed by atoms with Gasteiger partial charge >= 0.3 is 39.5 Å². The van der Waals surface area contributed by atoms with Crippen molar-refractivity contribution in [2.75, 3.05) is 39.6 Å². The van der Waals surface area contributed by atoms with Gasteiger partial charge in [0.2, 0.25) is 0 Å². The minimum absolute atomic E-state index is 0.107. The van der Waals surface area contributed by atoms with E-state index in [1.54, 1.807) is 0 Å². The van der Waals surface area contributed by atoms with Crippen LogP contribution in [0.15, 0.2) is 0 Å². The van der Waals surface area contributed by atoms with Gasteiger partial charge in [-0.3, -0.25) is 37.3 Å². The third kappa shape index (κ3) is 71.1. The van der Waals surface area contributed by atoms with E-state index in [-0.39, 0.29) is 25.7 Å². The molecule has 0 bridgehead atoms. The fourth-order valence-corrected chi connectivity index (χ4v) is 13.7. The molecule has 0 aromatic rings. The van der Waals surface area contributed by atoms with Crippen molar-refractivity contribution in [3.63, 3.8) is 0 Å². The van der Waals surface area contributed by atoms with E-state index in [1.807, 2.05) is 0 Å². The van der Waals surface area contributed by atoms with Gasteiger partial charge in [-0.05, 0) is 37.5 Å². The van der Waals surface area contributed by atoms with Crippen LogP contribution in [0, 0.1) is 11.8 Å². The molecule has 0 aliphatic rings. The molecule has 0 saturated heterocycles. The molecule has 0 fully saturated rings. The second-order valence-corrected chi connectivity index (χ2v) is 32.1. The number of unbranched alkanes of at least 4 members (excludes halogenated alkanes) is 47. The Kier molecular flexibility index (Phi) is 69.3. The molecule has 17 nitrogen and oxygen atoms in total. The average molecular weight is 1440 g/mol. The van der Waals surface area contributed by atoms with Gasteiger partial charge in [-0.25, -0.2) is 9.13 Å². The van der Waals surface area contributed by atoms with E-state index < -0.39 is 97.5 Å². The Morgan fingerprint density at radius 1 is 0.296 bits per heavy atom. The highest BCUT2D eigenvalue weighted by Crippen LogP contribution is 2.45. The number of ether oxygens (including phenoxy) is 4. The first-order valence-electron chi connectivity index (χ1n) is 41.0. The van der Waals surface area contributed by atoms with Gasteiger partial charge in [0.1, 0.15) is 19.3 Å². The van der Waals surface area contributed by atoms with Gasteiger partial charge in [0.25, 0.3) is 0 Å². The number of aliphatic hydroxyl groups excluding tert-OH is 1. The maximum absolute atomic E-state index is 13.1. The summed E-state index contributed by atoms with van der Waals surface area (Å²) < 4.78 is 68.7. The molecular formula is C79H154O17P2. The summed E-state index contributed by atoms with van der Waals surface area (Å²) in [5.74, 6) is -0.557. The van der Waals surface area contributed by atoms with E-state index in [0.717, 1.165) is 102 Å². The Morgan fingerprint density at radius 3 is 0.776 bits per heavy atom. The molecule has 0 aromatic heterocycles. The predicted octanol–water partition coefficient (Wildman–Crippen LogP) is 23.5. The van der Waals surface area contributed by atoms with Crippen LogP contribution in [0.4, 0.5) is 0 Å². The minimum atomic E-state index is -4.96. The monoisotopic (exact) mass is 1440 g/mol. The zero-order valence-electron chi connectivity index (χ0n) is 64.1. The smallest absolute Gasteiger partial charge is 0.462 e. The molecular weight excluding hydrogens is 1280 g/mol. The topological polar surface area (TPSA) is 237 Å². The molecule has 0 rings (SSSR count). The summed E-state index contributed by atoms with van der Waals surface area (Å²) >= 11 is 0. The van der Waals surface area contributed by atoms with Crippen LogP contribution in [0.3, 0.4) is 0 Å². The first-order valence-corrected chi connectivity index (χ1v) is 44.0. The molecule has 3 unspecified atom stereocenters. The number of hydrogen-bond donors (Lipinski definition) is 3. The van der Waals surface area contributed by atoms with Crippen molar-refractivity contribution >= 4 is 39.5 Å². The van der Waals surface area contributed by atoms with Crippen LogP contribution in [0.1, 0.15) is 414 Å². The number of aliphatic hydroxyl groups is 1. The van der Waals surface area contributed by atoms with Gasteiger partial charge in [-0.2, -0.15) is 0 Å². The first kappa shape index (κ1) is 96.1. The summed E-state index contributed by atoms with van der Waals surface area (Å²) in [6, 6.07) is 0. The third-order valence-corrected chi connectivity index (χ3v) is 20.7. The summed E-state index contributed by atoms with van der Waals surface area (Å²) in [4.78, 5) is 73.0. The molecule has 3 N–H and O–H groups in total. The molecule has 0 spiro atoms. The van der Waals surface area contributed by atoms with Crippen LogP contribution in [0.2, 0.25) is 0 Å². The summed E-state index contributed by atoms with van der Waals surface area (Å²) in [7, 11) is -9.92. The predicted molar refractivity (Wildman–Crippen MR) is 400 cm³/mol. The second-order valence-electron chi connectivity index (χ2n) is 29.2. The Balaban J connectivity index is 5.25. The van der Waals surface area contributed by atoms with E-state index in [0.29, 0.717) is 25.7 Å². The minimum Gasteiger partial charge on any atom is -0.462 e. The number of rotatable bonds is 78. The molecule has 0 heterocycles. The number of hydrogen-bond acceptors (Lipinski definition) is 15. The first-order chi connectivity index (χ1) is 47.4. The van der Waals surface area contributed by atoms with Gasteiger partial charge in [-0.15, -0.1) is 0 Å². The maximum atomic E-state index is 13.1. The zero-order valence-corrected chi connectivity index (χ0v) is 65.9. The Morgan fingerprint density at radius 2 is 0.520 bits per heavy atom. The van der Waals surface area contributed by atoms with E-state index in [9.17, 15) is 43.2 Å². The Hall–Kier alpha value is -1.94. The molecule has 0 aliphatic carbocycles. The maximum Gasteiger partial charge on any atom is 0.472 e. The number of phosphoric ester groups is 2. The van der Waals surface area contributed by atoms with Crippen molar-refractivity contribution in [1.82, 2.24) is 0 Å². The van der Waals surface area contributed by atoms with Crippen LogP contribution in [-0.4, -0.2) is 96.7 Å². The van der Waals surface area contributed by atoms with Crippen molar-refractivity contribution in [3.8, 4) is 0 Å². The summed E-state index contributed by atoms with van der Waals surface area (Å²) in [6.07, 6.45) is 59.5. The Labute approximate surface area is 600 Å². The van der Waals surface area contributed by atoms with Crippen LogP contribution >= 0.6 is 15.6 Å². The van der Waals surface area contributed by atoms with Crippen molar-refractivity contribution in [3.05, 3.63) is 0 Å². The zero-order chi connectivity index (χ0) is 72.1. The van der Waals surface area contributed by atoms with Crippen LogP contribution in [0.25, 0.3) is 0 Å². The van der Waals surface area contributed by atoms with Crippen molar-refractivity contribution in [2.24, 2.45) is 11.8 Å². The summed E-state index contributed by atoms with van der Waals surface area (Å²) in [5.41, 5.74) is 0. The quantitative estimate of drug-likeness (QED) is 0.0222. The van der Waals surface area contributed by atoms with E-state index in [1.165, 1.54) is 231 Å². The molecule has 0 saturated carbocycles. The molecule has 0 aliphatic heterocycles. The fraction of sp³-hybridized carbons (Fsp3) is 0.949. The van der Waals surface area contributed by atoms with Crippen LogP contribution < -0.4 is 0 Å². The van der Waals surface area contributed by atoms with Crippen LogP contribution in [0.5, 0.6) is 0 Å². The highest BCUT2D eigenvalue weighted by Gasteiger charge is 2.30. The second kappa shape index (κ2) is 70.7. The standard InChI is InChI=1S/C79H154O17P2/c1-7-10-12-14-16-18-20-22-23-24-25-26-27-29-31-39-46-52-58-64-79(84)95-74(67-89-76(81)61-55-49-43-37-33-32-36-42-48-54-60-72(6)9-3)69-93-97(85,86)91-65-73(80)66-92-98(87,88)94-70-75(68-90-77(82)62-56-50-44-40-34-35-41-47-53-59-71(4)5)96-78(83)63-57-51-45-38-30-28-21-19-17-15-13-11-8-2/h71-75,80H,7-70H2,1-6H3,(H,85,86)(H,87,88)/t72?,73-,74-,75-/m1/s1. The molecule has 0 aromatic carbocycles. The number of carbonyl (C=O) groups excluding carboxylic acids is 4. The molecule has 0 radical (unpaired) electrons. The van der Waals surface area contributed by atoms with Gasteiger partial charge in [0.05, 0.1) is 26.4 Å². The van der Waals surface area contributed by atoms with Crippen LogP contribution in [-0.2, 0) is 65.4 Å². The molecule has 582 valence electrons. The molecule has 19 heteroatoms. The normalized spacial score (nSPS) is 14.2. The number of esters is 4. The highest BCUT2D eigenvalue weighted by molar-refractivity contribution is 7.47. The lowest BCUT2D eigenvalue weighted by Crippen LogP contribution is -2.30. The van der Waals surface area contributed by atoms with Gasteiger partial charge in [0.15, 0.2) is 12.2 Å². The number of phosphoric acid groups is 2.